The summed E-state index contributed by atoms with van der Waals surface area (Å²) in [6, 6.07) is 5.12. The number of hydrogen-bond acceptors (Lipinski definition) is 4. The molecule has 7 nitrogen and oxygen atoms in total. The normalized spacial score (nSPS) is 11.7. The van der Waals surface area contributed by atoms with Crippen LogP contribution in [0, 0.1) is 6.92 Å². The van der Waals surface area contributed by atoms with Crippen LogP contribution in [0.5, 0.6) is 5.75 Å². The van der Waals surface area contributed by atoms with Gasteiger partial charge in [0, 0.05) is 26.2 Å². The van der Waals surface area contributed by atoms with E-state index in [1.807, 2.05) is 13.1 Å². The molecule has 0 amide bonds. The van der Waals surface area contributed by atoms with Crippen LogP contribution in [0.1, 0.15) is 17.0 Å². The van der Waals surface area contributed by atoms with Crippen molar-refractivity contribution in [3.8, 4) is 5.75 Å². The Morgan fingerprint density at radius 2 is 1.96 bits per heavy atom. The van der Waals surface area contributed by atoms with Crippen LogP contribution in [-0.2, 0) is 20.1 Å². The lowest BCUT2D eigenvalue weighted by Crippen LogP contribution is -2.37. The molecule has 0 spiro atoms. The molecule has 0 aliphatic rings. The SMILES string of the molecule is CN=C(NCc1ccc(C)cc1OCC(F)(F)F)NCc1nncn1C.I. The summed E-state index contributed by atoms with van der Waals surface area (Å²) in [6.45, 7) is 1.12. The fourth-order valence-electron chi connectivity index (χ4n) is 2.13. The number of hydrogen-bond donors (Lipinski definition) is 2. The zero-order valence-electron chi connectivity index (χ0n) is 15.2. The van der Waals surface area contributed by atoms with E-state index in [9.17, 15) is 13.2 Å². The van der Waals surface area contributed by atoms with Gasteiger partial charge in [-0.3, -0.25) is 4.99 Å². The van der Waals surface area contributed by atoms with Gasteiger partial charge in [-0.2, -0.15) is 13.2 Å². The largest absolute Gasteiger partial charge is 0.484 e. The van der Waals surface area contributed by atoms with Gasteiger partial charge >= 0.3 is 6.18 Å². The number of halogens is 4. The Morgan fingerprint density at radius 1 is 1.26 bits per heavy atom. The van der Waals surface area contributed by atoms with Gasteiger partial charge in [-0.25, -0.2) is 0 Å². The first-order valence-electron chi connectivity index (χ1n) is 7.85. The van der Waals surface area contributed by atoms with Gasteiger partial charge in [-0.05, 0) is 18.6 Å². The Balaban J connectivity index is 0.00000364. The monoisotopic (exact) mass is 498 g/mol. The molecule has 0 aliphatic heterocycles. The van der Waals surface area contributed by atoms with Crippen LogP contribution in [0.25, 0.3) is 0 Å². The number of nitrogens with zero attached hydrogens (tertiary/aromatic N) is 4. The van der Waals surface area contributed by atoms with E-state index in [4.69, 9.17) is 4.74 Å². The van der Waals surface area contributed by atoms with Gasteiger partial charge in [0.15, 0.2) is 18.4 Å². The summed E-state index contributed by atoms with van der Waals surface area (Å²) in [4.78, 5) is 4.08. The highest BCUT2D eigenvalue weighted by Gasteiger charge is 2.28. The topological polar surface area (TPSA) is 76.4 Å². The Kier molecular flexibility index (Phi) is 8.79. The molecule has 0 fully saturated rings. The van der Waals surface area contributed by atoms with Crippen molar-refractivity contribution in [1.82, 2.24) is 25.4 Å². The first kappa shape index (κ1) is 23.0. The predicted molar refractivity (Wildman–Crippen MR) is 106 cm³/mol. The molecule has 1 aromatic heterocycles. The Bertz CT molecular complexity index is 763. The number of aliphatic imine (C=N–C) groups is 1. The quantitative estimate of drug-likeness (QED) is 0.364. The number of guanidine groups is 1. The van der Waals surface area contributed by atoms with Crippen LogP contribution in [0.4, 0.5) is 13.2 Å². The summed E-state index contributed by atoms with van der Waals surface area (Å²) >= 11 is 0. The number of aromatic nitrogens is 3. The number of ether oxygens (including phenoxy) is 1. The van der Waals surface area contributed by atoms with Crippen LogP contribution in [-0.4, -0.2) is 40.6 Å². The van der Waals surface area contributed by atoms with Gasteiger partial charge in [0.1, 0.15) is 12.1 Å². The summed E-state index contributed by atoms with van der Waals surface area (Å²) in [7, 11) is 3.42. The molecule has 2 N–H and O–H groups in total. The molecule has 11 heteroatoms. The maximum Gasteiger partial charge on any atom is 0.422 e. The van der Waals surface area contributed by atoms with Gasteiger partial charge in [0.2, 0.25) is 0 Å². The fraction of sp³-hybridized carbons (Fsp3) is 0.438. The molecule has 1 aromatic carbocycles. The van der Waals surface area contributed by atoms with Crippen molar-refractivity contribution in [3.05, 3.63) is 41.5 Å². The van der Waals surface area contributed by atoms with Crippen LogP contribution in [0.2, 0.25) is 0 Å². The van der Waals surface area contributed by atoms with Gasteiger partial charge in [0.05, 0.1) is 6.54 Å². The lowest BCUT2D eigenvalue weighted by atomic mass is 10.1. The van der Waals surface area contributed by atoms with E-state index in [1.165, 1.54) is 0 Å². The minimum atomic E-state index is -4.39. The van der Waals surface area contributed by atoms with Crippen molar-refractivity contribution in [2.24, 2.45) is 12.0 Å². The van der Waals surface area contributed by atoms with E-state index in [0.29, 0.717) is 18.1 Å². The molecular formula is C16H22F3IN6O. The first-order valence-corrected chi connectivity index (χ1v) is 7.85. The standard InChI is InChI=1S/C16H21F3N6O.HI/c1-11-4-5-12(13(6-11)26-9-16(17,18)19)7-21-15(20-2)22-8-14-24-23-10-25(14)3;/h4-6,10H,7-9H2,1-3H3,(H2,20,21,22);1H. The van der Waals surface area contributed by atoms with Crippen molar-refractivity contribution >= 4 is 29.9 Å². The van der Waals surface area contributed by atoms with Crippen LogP contribution in [0.15, 0.2) is 29.5 Å². The third-order valence-electron chi connectivity index (χ3n) is 3.50. The second-order valence-electron chi connectivity index (χ2n) is 5.65. The highest BCUT2D eigenvalue weighted by Crippen LogP contribution is 2.23. The summed E-state index contributed by atoms with van der Waals surface area (Å²) in [5, 5.41) is 13.8. The molecule has 27 heavy (non-hydrogen) atoms. The zero-order valence-corrected chi connectivity index (χ0v) is 17.5. The van der Waals surface area contributed by atoms with Crippen molar-refractivity contribution in [3.63, 3.8) is 0 Å². The Morgan fingerprint density at radius 3 is 2.56 bits per heavy atom. The maximum atomic E-state index is 12.4. The van der Waals surface area contributed by atoms with Crippen LogP contribution >= 0.6 is 24.0 Å². The molecule has 0 bridgehead atoms. The summed E-state index contributed by atoms with van der Waals surface area (Å²) in [6.07, 6.45) is -2.80. The van der Waals surface area contributed by atoms with Crippen LogP contribution < -0.4 is 15.4 Å². The predicted octanol–water partition coefficient (Wildman–Crippen LogP) is 2.55. The third-order valence-corrected chi connectivity index (χ3v) is 3.50. The van der Waals surface area contributed by atoms with Crippen LogP contribution in [0.3, 0.4) is 0 Å². The Hall–Kier alpha value is -2.05. The molecule has 0 radical (unpaired) electrons. The first-order chi connectivity index (χ1) is 12.3. The molecule has 0 aliphatic carbocycles. The van der Waals surface area contributed by atoms with Gasteiger partial charge in [-0.15, -0.1) is 34.2 Å². The van der Waals surface area contributed by atoms with E-state index in [2.05, 4.69) is 25.8 Å². The summed E-state index contributed by atoms with van der Waals surface area (Å²) < 4.78 is 44.0. The fourth-order valence-corrected chi connectivity index (χ4v) is 2.13. The summed E-state index contributed by atoms with van der Waals surface area (Å²) in [5.74, 6) is 1.39. The third kappa shape index (κ3) is 7.61. The molecule has 2 aromatic rings. The van der Waals surface area contributed by atoms with E-state index < -0.39 is 12.8 Å². The van der Waals surface area contributed by atoms with Crippen molar-refractivity contribution in [2.45, 2.75) is 26.2 Å². The van der Waals surface area contributed by atoms with E-state index in [-0.39, 0.29) is 36.3 Å². The van der Waals surface area contributed by atoms with Crippen molar-refractivity contribution < 1.29 is 17.9 Å². The molecule has 0 unspecified atom stereocenters. The van der Waals surface area contributed by atoms with Gasteiger partial charge in [-0.1, -0.05) is 12.1 Å². The molecule has 0 saturated heterocycles. The van der Waals surface area contributed by atoms with E-state index in [1.54, 1.807) is 37.0 Å². The molecular weight excluding hydrogens is 476 g/mol. The number of rotatable bonds is 6. The number of alkyl halides is 3. The number of benzene rings is 1. The second-order valence-corrected chi connectivity index (χ2v) is 5.65. The number of aryl methyl sites for hydroxylation is 2. The highest BCUT2D eigenvalue weighted by atomic mass is 127. The molecule has 0 atom stereocenters. The molecule has 150 valence electrons. The molecule has 0 saturated carbocycles. The second kappa shape index (κ2) is 10.3. The van der Waals surface area contributed by atoms with E-state index >= 15 is 0 Å². The zero-order chi connectivity index (χ0) is 19.2. The van der Waals surface area contributed by atoms with E-state index in [0.717, 1.165) is 11.4 Å². The maximum absolute atomic E-state index is 12.4. The summed E-state index contributed by atoms with van der Waals surface area (Å²) in [5.41, 5.74) is 1.41. The number of nitrogens with one attached hydrogen (secondary N) is 2. The van der Waals surface area contributed by atoms with Gasteiger partial charge in [0.25, 0.3) is 0 Å². The lowest BCUT2D eigenvalue weighted by Gasteiger charge is -2.16. The molecule has 1 heterocycles. The average molecular weight is 498 g/mol. The minimum Gasteiger partial charge on any atom is -0.484 e. The van der Waals surface area contributed by atoms with Crippen molar-refractivity contribution in [1.29, 1.82) is 0 Å². The lowest BCUT2D eigenvalue weighted by molar-refractivity contribution is -0.153. The molecule has 2 rings (SSSR count). The highest BCUT2D eigenvalue weighted by molar-refractivity contribution is 14.0. The Labute approximate surface area is 172 Å². The average Bonchev–Trinajstić information content (AvgIpc) is 2.99. The van der Waals surface area contributed by atoms with Gasteiger partial charge < -0.3 is 19.9 Å². The minimum absolute atomic E-state index is 0. The smallest absolute Gasteiger partial charge is 0.422 e. The van der Waals surface area contributed by atoms with Crippen molar-refractivity contribution in [2.75, 3.05) is 13.7 Å².